The van der Waals surface area contributed by atoms with E-state index in [9.17, 15) is 14.4 Å². The van der Waals surface area contributed by atoms with E-state index in [1.54, 1.807) is 6.92 Å². The minimum Gasteiger partial charge on any atom is -0.282 e. The van der Waals surface area contributed by atoms with Crippen LogP contribution in [-0.4, -0.2) is 52.8 Å². The molecule has 0 aromatic carbocycles. The van der Waals surface area contributed by atoms with E-state index < -0.39 is 17.5 Å². The first kappa shape index (κ1) is 14.0. The number of hydrogen-bond acceptors (Lipinski definition) is 4. The van der Waals surface area contributed by atoms with E-state index >= 15 is 0 Å². The average Bonchev–Trinajstić information content (AvgIpc) is 2.41. The summed E-state index contributed by atoms with van der Waals surface area (Å²) in [6, 6.07) is -0.599. The molecule has 1 atom stereocenters. The van der Waals surface area contributed by atoms with Crippen LogP contribution in [0.15, 0.2) is 0 Å². The van der Waals surface area contributed by atoms with E-state index in [4.69, 9.17) is 0 Å². The molecule has 106 valence electrons. The molecular formula is C13H21N3O3. The van der Waals surface area contributed by atoms with Crippen LogP contribution in [-0.2, 0) is 9.59 Å². The zero-order valence-corrected chi connectivity index (χ0v) is 11.6. The first-order valence-corrected chi connectivity index (χ1v) is 7.00. The molecule has 0 aromatic rings. The van der Waals surface area contributed by atoms with E-state index in [0.29, 0.717) is 6.42 Å². The molecule has 2 aliphatic heterocycles. The summed E-state index contributed by atoms with van der Waals surface area (Å²) in [5, 5.41) is 2.34. The summed E-state index contributed by atoms with van der Waals surface area (Å²) in [6.45, 7) is 5.32. The zero-order valence-electron chi connectivity index (χ0n) is 11.6. The van der Waals surface area contributed by atoms with Crippen LogP contribution in [0.25, 0.3) is 0 Å². The molecule has 4 amide bonds. The van der Waals surface area contributed by atoms with Crippen LogP contribution in [0.1, 0.15) is 39.5 Å². The minimum atomic E-state index is -1.19. The maximum atomic E-state index is 12.6. The van der Waals surface area contributed by atoms with Crippen molar-refractivity contribution in [3.05, 3.63) is 0 Å². The zero-order chi connectivity index (χ0) is 14.0. The van der Waals surface area contributed by atoms with Gasteiger partial charge in [-0.2, -0.15) is 0 Å². The Hall–Kier alpha value is -1.43. The molecule has 0 saturated carbocycles. The molecule has 2 rings (SSSR count). The van der Waals surface area contributed by atoms with Gasteiger partial charge in [0, 0.05) is 6.54 Å². The van der Waals surface area contributed by atoms with Crippen molar-refractivity contribution in [2.45, 2.75) is 45.1 Å². The number of piperidine rings is 1. The van der Waals surface area contributed by atoms with E-state index in [2.05, 4.69) is 5.32 Å². The van der Waals surface area contributed by atoms with Crippen LogP contribution in [0.3, 0.4) is 0 Å². The van der Waals surface area contributed by atoms with Gasteiger partial charge in [0.1, 0.15) is 0 Å². The summed E-state index contributed by atoms with van der Waals surface area (Å²) in [4.78, 5) is 39.7. The molecule has 2 heterocycles. The lowest BCUT2D eigenvalue weighted by Gasteiger charge is -2.46. The van der Waals surface area contributed by atoms with Gasteiger partial charge in [-0.1, -0.05) is 13.3 Å². The van der Waals surface area contributed by atoms with Crippen LogP contribution in [0.5, 0.6) is 0 Å². The number of urea groups is 1. The van der Waals surface area contributed by atoms with Crippen molar-refractivity contribution in [3.63, 3.8) is 0 Å². The molecule has 0 spiro atoms. The van der Waals surface area contributed by atoms with Crippen molar-refractivity contribution < 1.29 is 14.4 Å². The maximum Gasteiger partial charge on any atom is 0.330 e. The molecule has 2 aliphatic rings. The third-order valence-corrected chi connectivity index (χ3v) is 4.16. The summed E-state index contributed by atoms with van der Waals surface area (Å²) in [5.41, 5.74) is -1.19. The largest absolute Gasteiger partial charge is 0.330 e. The van der Waals surface area contributed by atoms with Crippen LogP contribution >= 0.6 is 0 Å². The van der Waals surface area contributed by atoms with Crippen molar-refractivity contribution >= 4 is 17.8 Å². The molecule has 2 saturated heterocycles. The number of hydrogen-bond donors (Lipinski definition) is 1. The number of barbiturate groups is 1. The Morgan fingerprint density at radius 3 is 2.26 bits per heavy atom. The molecular weight excluding hydrogens is 246 g/mol. The molecule has 0 bridgehead atoms. The first-order chi connectivity index (χ1) is 9.07. The lowest BCUT2D eigenvalue weighted by molar-refractivity contribution is -0.155. The topological polar surface area (TPSA) is 69.7 Å². The van der Waals surface area contributed by atoms with Gasteiger partial charge >= 0.3 is 6.03 Å². The predicted octanol–water partition coefficient (Wildman–Crippen LogP) is 0.719. The summed E-state index contributed by atoms with van der Waals surface area (Å²) >= 11 is 0. The molecule has 0 radical (unpaired) electrons. The van der Waals surface area contributed by atoms with Crippen molar-refractivity contribution in [1.29, 1.82) is 0 Å². The smallest absolute Gasteiger partial charge is 0.282 e. The second-order valence-electron chi connectivity index (χ2n) is 5.07. The lowest BCUT2D eigenvalue weighted by atomic mass is 9.87. The fourth-order valence-corrected chi connectivity index (χ4v) is 3.06. The van der Waals surface area contributed by atoms with Gasteiger partial charge in [-0.15, -0.1) is 0 Å². The lowest BCUT2D eigenvalue weighted by Crippen LogP contribution is -2.74. The highest BCUT2D eigenvalue weighted by Crippen LogP contribution is 2.29. The normalized spacial score (nSPS) is 29.6. The third kappa shape index (κ3) is 2.04. The molecule has 0 aromatic heterocycles. The SMILES string of the molecule is CCN1C(=O)NC(=O)[C@@](CC)(N2CCCCC2)C1=O. The standard InChI is InChI=1S/C13H21N3O3/c1-3-13(15-8-6-5-7-9-15)10(17)14-12(19)16(4-2)11(13)18/h3-9H2,1-2H3,(H,14,17,19)/t13-/m1/s1. The molecule has 0 unspecified atom stereocenters. The van der Waals surface area contributed by atoms with Crippen LogP contribution in [0.4, 0.5) is 4.79 Å². The first-order valence-electron chi connectivity index (χ1n) is 7.00. The van der Waals surface area contributed by atoms with Crippen molar-refractivity contribution in [1.82, 2.24) is 15.1 Å². The summed E-state index contributed by atoms with van der Waals surface area (Å²) < 4.78 is 0. The highest BCUT2D eigenvalue weighted by atomic mass is 16.2. The van der Waals surface area contributed by atoms with Crippen LogP contribution in [0.2, 0.25) is 0 Å². The minimum absolute atomic E-state index is 0.285. The molecule has 1 N–H and O–H groups in total. The molecule has 19 heavy (non-hydrogen) atoms. The Bertz CT molecular complexity index is 404. The molecule has 2 fully saturated rings. The van der Waals surface area contributed by atoms with Gasteiger partial charge in [0.25, 0.3) is 11.8 Å². The average molecular weight is 267 g/mol. The maximum absolute atomic E-state index is 12.6. The fraction of sp³-hybridized carbons (Fsp3) is 0.769. The van der Waals surface area contributed by atoms with Gasteiger partial charge in [0.15, 0.2) is 5.54 Å². The Balaban J connectivity index is 2.37. The summed E-state index contributed by atoms with van der Waals surface area (Å²) in [7, 11) is 0. The van der Waals surface area contributed by atoms with Crippen LogP contribution < -0.4 is 5.32 Å². The summed E-state index contributed by atoms with van der Waals surface area (Å²) in [5.74, 6) is -0.829. The van der Waals surface area contributed by atoms with Gasteiger partial charge < -0.3 is 0 Å². The number of amides is 4. The molecule has 6 heteroatoms. The Morgan fingerprint density at radius 1 is 1.11 bits per heavy atom. The fourth-order valence-electron chi connectivity index (χ4n) is 3.06. The van der Waals surface area contributed by atoms with Gasteiger partial charge in [0.05, 0.1) is 0 Å². The Morgan fingerprint density at radius 2 is 1.74 bits per heavy atom. The van der Waals surface area contributed by atoms with E-state index in [0.717, 1.165) is 37.3 Å². The van der Waals surface area contributed by atoms with Crippen LogP contribution in [0, 0.1) is 0 Å². The number of nitrogens with zero attached hydrogens (tertiary/aromatic N) is 2. The quantitative estimate of drug-likeness (QED) is 0.765. The summed E-state index contributed by atoms with van der Waals surface area (Å²) in [6.07, 6.45) is 3.49. The number of nitrogens with one attached hydrogen (secondary N) is 1. The van der Waals surface area contributed by atoms with Crippen molar-refractivity contribution in [2.24, 2.45) is 0 Å². The Labute approximate surface area is 113 Å². The number of imide groups is 2. The number of carbonyl (C=O) groups is 3. The van der Waals surface area contributed by atoms with Crippen molar-refractivity contribution in [2.75, 3.05) is 19.6 Å². The molecule has 6 nitrogen and oxygen atoms in total. The van der Waals surface area contributed by atoms with Crippen molar-refractivity contribution in [3.8, 4) is 0 Å². The van der Waals surface area contributed by atoms with Gasteiger partial charge in [-0.3, -0.25) is 24.7 Å². The second-order valence-corrected chi connectivity index (χ2v) is 5.07. The highest BCUT2D eigenvalue weighted by Gasteiger charge is 2.55. The van der Waals surface area contributed by atoms with E-state index in [-0.39, 0.29) is 12.5 Å². The van der Waals surface area contributed by atoms with E-state index in [1.165, 1.54) is 0 Å². The predicted molar refractivity (Wildman–Crippen MR) is 69.4 cm³/mol. The number of likely N-dealkylation sites (tertiary alicyclic amines) is 1. The monoisotopic (exact) mass is 267 g/mol. The second kappa shape index (κ2) is 5.28. The molecule has 0 aliphatic carbocycles. The number of rotatable bonds is 3. The van der Waals surface area contributed by atoms with Gasteiger partial charge in [-0.05, 0) is 39.3 Å². The Kier molecular flexibility index (Phi) is 3.89. The number of carbonyl (C=O) groups excluding carboxylic acids is 3. The van der Waals surface area contributed by atoms with Gasteiger partial charge in [-0.25, -0.2) is 4.79 Å². The van der Waals surface area contributed by atoms with E-state index in [1.807, 2.05) is 11.8 Å². The number of likely N-dealkylation sites (N-methyl/N-ethyl adjacent to an activating group) is 1. The third-order valence-electron chi connectivity index (χ3n) is 4.16. The highest BCUT2D eigenvalue weighted by molar-refractivity contribution is 6.22. The van der Waals surface area contributed by atoms with Gasteiger partial charge in [0.2, 0.25) is 0 Å².